The van der Waals surface area contributed by atoms with Crippen LogP contribution in [-0.4, -0.2) is 47.0 Å². The first kappa shape index (κ1) is 19.6. The van der Waals surface area contributed by atoms with Gasteiger partial charge in [-0.05, 0) is 24.2 Å². The first-order valence-electron chi connectivity index (χ1n) is 7.69. The van der Waals surface area contributed by atoms with Crippen LogP contribution in [0.3, 0.4) is 0 Å². The number of carbonyl (C=O) groups excluding carboxylic acids is 2. The molecule has 1 heterocycles. The van der Waals surface area contributed by atoms with Gasteiger partial charge in [-0.3, -0.25) is 9.59 Å². The summed E-state index contributed by atoms with van der Waals surface area (Å²) in [6.45, 7) is 6.61. The average molecular weight is 350 g/mol. The molecule has 0 radical (unpaired) electrons. The number of nitrogens with one attached hydrogen (secondary N) is 1. The van der Waals surface area contributed by atoms with Gasteiger partial charge < -0.3 is 16.0 Å². The number of amides is 2. The summed E-state index contributed by atoms with van der Waals surface area (Å²) in [4.78, 5) is 26.6. The zero-order valence-corrected chi connectivity index (χ0v) is 15.3. The molecule has 1 aliphatic carbocycles. The van der Waals surface area contributed by atoms with Crippen molar-refractivity contribution in [1.82, 2.24) is 10.2 Å². The van der Waals surface area contributed by atoms with E-state index in [1.54, 1.807) is 16.7 Å². The molecule has 0 aromatic heterocycles. The van der Waals surface area contributed by atoms with Gasteiger partial charge in [-0.2, -0.15) is 0 Å². The van der Waals surface area contributed by atoms with E-state index in [1.165, 1.54) is 0 Å². The van der Waals surface area contributed by atoms with Crippen molar-refractivity contribution in [1.29, 1.82) is 0 Å². The molecule has 2 aliphatic rings. The average Bonchev–Trinajstić information content (AvgIpc) is 3.09. The Morgan fingerprint density at radius 1 is 1.36 bits per heavy atom. The molecule has 5 nitrogen and oxygen atoms in total. The van der Waals surface area contributed by atoms with Gasteiger partial charge in [-0.25, -0.2) is 0 Å². The molecule has 0 spiro atoms. The van der Waals surface area contributed by atoms with Crippen molar-refractivity contribution < 1.29 is 9.59 Å². The Morgan fingerprint density at radius 3 is 2.50 bits per heavy atom. The number of hydrogen-bond acceptors (Lipinski definition) is 4. The van der Waals surface area contributed by atoms with Gasteiger partial charge in [0.05, 0.1) is 5.88 Å². The Kier molecular flexibility index (Phi) is 7.02. The minimum absolute atomic E-state index is 0. The zero-order chi connectivity index (χ0) is 15.6. The summed E-state index contributed by atoms with van der Waals surface area (Å²) < 4.78 is 0. The lowest BCUT2D eigenvalue weighted by atomic mass is 9.91. The van der Waals surface area contributed by atoms with E-state index in [9.17, 15) is 9.59 Å². The van der Waals surface area contributed by atoms with E-state index in [0.29, 0.717) is 30.5 Å². The number of thioether (sulfide) groups is 1. The molecule has 0 bridgehead atoms. The fourth-order valence-corrected chi connectivity index (χ4v) is 3.79. The molecule has 1 saturated carbocycles. The fourth-order valence-electron chi connectivity index (χ4n) is 2.61. The number of hydrogen-bond donors (Lipinski definition) is 2. The molecule has 7 heteroatoms. The molecule has 2 atom stereocenters. The van der Waals surface area contributed by atoms with Crippen molar-refractivity contribution in [3.63, 3.8) is 0 Å². The Morgan fingerprint density at radius 2 is 2.00 bits per heavy atom. The monoisotopic (exact) mass is 349 g/mol. The normalized spacial score (nSPS) is 22.9. The third kappa shape index (κ3) is 5.32. The quantitative estimate of drug-likeness (QED) is 0.790. The van der Waals surface area contributed by atoms with Gasteiger partial charge in [-0.15, -0.1) is 24.2 Å². The molecule has 0 aromatic rings. The maximum atomic E-state index is 12.5. The Balaban J connectivity index is 0.00000242. The van der Waals surface area contributed by atoms with Gasteiger partial charge in [0, 0.05) is 24.8 Å². The van der Waals surface area contributed by atoms with E-state index in [4.69, 9.17) is 5.73 Å². The number of halogens is 1. The van der Waals surface area contributed by atoms with Gasteiger partial charge in [0.1, 0.15) is 6.04 Å². The fraction of sp³-hybridized carbons (Fsp3) is 0.867. The molecule has 2 unspecified atom stereocenters. The van der Waals surface area contributed by atoms with Crippen molar-refractivity contribution in [2.24, 2.45) is 17.1 Å². The summed E-state index contributed by atoms with van der Waals surface area (Å²) in [6.07, 6.45) is 2.77. The minimum Gasteiger partial charge on any atom is -0.350 e. The molecule has 3 N–H and O–H groups in total. The molecular formula is C15H28ClN3O2S. The standard InChI is InChI=1S/C15H27N3O2S.ClH/c1-15(2,3)6-13(19)18-9-21-8-12(18)14(20)17-11(7-16)10-4-5-10;/h10-12H,4-9,16H2,1-3H3,(H,17,20);1H. The number of rotatable bonds is 5. The minimum atomic E-state index is -0.336. The van der Waals surface area contributed by atoms with Crippen LogP contribution in [-0.2, 0) is 9.59 Å². The predicted molar refractivity (Wildman–Crippen MR) is 93.0 cm³/mol. The van der Waals surface area contributed by atoms with E-state index < -0.39 is 0 Å². The van der Waals surface area contributed by atoms with Crippen LogP contribution in [0, 0.1) is 11.3 Å². The lowest BCUT2D eigenvalue weighted by Crippen LogP contribution is -2.52. The van der Waals surface area contributed by atoms with Crippen LogP contribution in [0.15, 0.2) is 0 Å². The van der Waals surface area contributed by atoms with Crippen LogP contribution >= 0.6 is 24.2 Å². The van der Waals surface area contributed by atoms with Crippen LogP contribution in [0.1, 0.15) is 40.0 Å². The van der Waals surface area contributed by atoms with Gasteiger partial charge in [0.25, 0.3) is 0 Å². The summed E-state index contributed by atoms with van der Waals surface area (Å²) in [5, 5.41) is 3.05. The summed E-state index contributed by atoms with van der Waals surface area (Å²) in [6, 6.07) is -0.264. The van der Waals surface area contributed by atoms with E-state index in [1.807, 2.05) is 20.8 Å². The van der Waals surface area contributed by atoms with Crippen molar-refractivity contribution in [3.05, 3.63) is 0 Å². The van der Waals surface area contributed by atoms with Crippen molar-refractivity contribution in [2.75, 3.05) is 18.2 Å². The van der Waals surface area contributed by atoms with Crippen molar-refractivity contribution >= 4 is 36.0 Å². The molecule has 22 heavy (non-hydrogen) atoms. The summed E-state index contributed by atoms with van der Waals surface area (Å²) in [7, 11) is 0. The third-order valence-corrected chi connectivity index (χ3v) is 4.97. The molecule has 2 amide bonds. The topological polar surface area (TPSA) is 75.4 Å². The van der Waals surface area contributed by atoms with Crippen LogP contribution in [0.2, 0.25) is 0 Å². The van der Waals surface area contributed by atoms with Crippen molar-refractivity contribution in [2.45, 2.75) is 52.1 Å². The third-order valence-electron chi connectivity index (χ3n) is 3.96. The van der Waals surface area contributed by atoms with E-state index in [2.05, 4.69) is 5.32 Å². The molecule has 2 rings (SSSR count). The van der Waals surface area contributed by atoms with E-state index >= 15 is 0 Å². The van der Waals surface area contributed by atoms with E-state index in [-0.39, 0.29) is 41.7 Å². The SMILES string of the molecule is CC(C)(C)CC(=O)N1CSCC1C(=O)NC(CN)C1CC1.Cl. The Labute approximate surface area is 143 Å². The molecule has 128 valence electrons. The first-order valence-corrected chi connectivity index (χ1v) is 8.85. The Hall–Kier alpha value is -0.460. The van der Waals surface area contributed by atoms with Gasteiger partial charge in [0.15, 0.2) is 0 Å². The van der Waals surface area contributed by atoms with Gasteiger partial charge in [0.2, 0.25) is 11.8 Å². The second kappa shape index (κ2) is 7.88. The smallest absolute Gasteiger partial charge is 0.243 e. The highest BCUT2D eigenvalue weighted by Crippen LogP contribution is 2.32. The molecule has 2 fully saturated rings. The molecule has 0 aromatic carbocycles. The molecular weight excluding hydrogens is 322 g/mol. The lowest BCUT2D eigenvalue weighted by molar-refractivity contribution is -0.139. The van der Waals surface area contributed by atoms with Crippen LogP contribution in [0.25, 0.3) is 0 Å². The lowest BCUT2D eigenvalue weighted by Gasteiger charge is -2.28. The highest BCUT2D eigenvalue weighted by atomic mass is 35.5. The largest absolute Gasteiger partial charge is 0.350 e. The molecule has 1 saturated heterocycles. The highest BCUT2D eigenvalue weighted by Gasteiger charge is 2.38. The van der Waals surface area contributed by atoms with Gasteiger partial charge in [-0.1, -0.05) is 20.8 Å². The summed E-state index contributed by atoms with van der Waals surface area (Å²) in [5.74, 6) is 1.87. The molecule has 1 aliphatic heterocycles. The maximum Gasteiger partial charge on any atom is 0.243 e. The van der Waals surface area contributed by atoms with Crippen LogP contribution in [0.4, 0.5) is 0 Å². The highest BCUT2D eigenvalue weighted by molar-refractivity contribution is 7.99. The van der Waals surface area contributed by atoms with E-state index in [0.717, 1.165) is 12.8 Å². The Bertz CT molecular complexity index is 410. The van der Waals surface area contributed by atoms with Crippen LogP contribution in [0.5, 0.6) is 0 Å². The zero-order valence-electron chi connectivity index (χ0n) is 13.6. The van der Waals surface area contributed by atoms with Gasteiger partial charge >= 0.3 is 0 Å². The second-order valence-corrected chi connectivity index (χ2v) is 8.30. The predicted octanol–water partition coefficient (Wildman–Crippen LogP) is 1.60. The number of nitrogens with two attached hydrogens (primary N) is 1. The first-order chi connectivity index (χ1) is 9.81. The summed E-state index contributed by atoms with van der Waals surface area (Å²) >= 11 is 1.64. The second-order valence-electron chi connectivity index (χ2n) is 7.30. The van der Waals surface area contributed by atoms with Crippen molar-refractivity contribution in [3.8, 4) is 0 Å². The maximum absolute atomic E-state index is 12.5. The number of carbonyl (C=O) groups is 2. The van der Waals surface area contributed by atoms with Crippen LogP contribution < -0.4 is 11.1 Å². The number of nitrogens with zero attached hydrogens (tertiary/aromatic N) is 1. The summed E-state index contributed by atoms with van der Waals surface area (Å²) in [5.41, 5.74) is 5.68.